The number of aromatic hydroxyl groups is 1. The highest BCUT2D eigenvalue weighted by Gasteiger charge is 2.28. The Labute approximate surface area is 216 Å². The molecule has 8 nitrogen and oxygen atoms in total. The van der Waals surface area contributed by atoms with E-state index in [0.717, 1.165) is 0 Å². The standard InChI is InChI=1S/C28H23ClN2O6/c1-16-13-18(29)11-12-22(16)30-27(34)23(31-36)15-19(32)14-21(17-7-3-2-4-8-17)25-26(33)20-9-5-6-10-24(20)37-28(25)35/h2-13,21,33,36H,14-15H2,1H3,(H,30,34)/b31-23-. The highest BCUT2D eigenvalue weighted by molar-refractivity contribution is 6.45. The summed E-state index contributed by atoms with van der Waals surface area (Å²) in [6.07, 6.45) is -0.759. The van der Waals surface area contributed by atoms with Gasteiger partial charge in [0, 0.05) is 23.0 Å². The molecular formula is C28H23ClN2O6. The predicted octanol–water partition coefficient (Wildman–Crippen LogP) is 5.41. The second-order valence-corrected chi connectivity index (χ2v) is 8.93. The van der Waals surface area contributed by atoms with Crippen molar-refractivity contribution in [1.82, 2.24) is 0 Å². The summed E-state index contributed by atoms with van der Waals surface area (Å²) < 4.78 is 5.42. The molecule has 0 fully saturated rings. The summed E-state index contributed by atoms with van der Waals surface area (Å²) >= 11 is 5.95. The largest absolute Gasteiger partial charge is 0.507 e. The van der Waals surface area contributed by atoms with Gasteiger partial charge in [0.15, 0.2) is 5.71 Å². The summed E-state index contributed by atoms with van der Waals surface area (Å²) in [5.74, 6) is -2.39. The van der Waals surface area contributed by atoms with Crippen molar-refractivity contribution in [2.75, 3.05) is 5.32 Å². The predicted molar refractivity (Wildman–Crippen MR) is 141 cm³/mol. The van der Waals surface area contributed by atoms with Crippen LogP contribution in [-0.4, -0.2) is 27.7 Å². The van der Waals surface area contributed by atoms with Crippen LogP contribution < -0.4 is 10.9 Å². The monoisotopic (exact) mass is 518 g/mol. The van der Waals surface area contributed by atoms with Crippen LogP contribution in [0.15, 0.2) is 87.2 Å². The molecule has 1 amide bonds. The van der Waals surface area contributed by atoms with E-state index in [1.165, 1.54) is 0 Å². The summed E-state index contributed by atoms with van der Waals surface area (Å²) in [5, 5.41) is 26.9. The highest BCUT2D eigenvalue weighted by Crippen LogP contribution is 2.36. The Hall–Kier alpha value is -4.43. The van der Waals surface area contributed by atoms with E-state index in [2.05, 4.69) is 10.5 Å². The number of rotatable bonds is 8. The van der Waals surface area contributed by atoms with Gasteiger partial charge in [0.2, 0.25) is 0 Å². The Balaban J connectivity index is 1.62. The number of hydrogen-bond acceptors (Lipinski definition) is 7. The van der Waals surface area contributed by atoms with E-state index >= 15 is 0 Å². The number of aryl methyl sites for hydroxylation is 1. The highest BCUT2D eigenvalue weighted by atomic mass is 35.5. The van der Waals surface area contributed by atoms with Crippen molar-refractivity contribution in [3.8, 4) is 5.75 Å². The molecule has 0 spiro atoms. The van der Waals surface area contributed by atoms with Crippen LogP contribution in [0.1, 0.15) is 35.4 Å². The van der Waals surface area contributed by atoms with Crippen LogP contribution >= 0.6 is 11.6 Å². The maximum Gasteiger partial charge on any atom is 0.343 e. The van der Waals surface area contributed by atoms with Crippen LogP contribution in [0.25, 0.3) is 11.0 Å². The topological polar surface area (TPSA) is 129 Å². The Morgan fingerprint density at radius 1 is 1.05 bits per heavy atom. The van der Waals surface area contributed by atoms with E-state index in [1.54, 1.807) is 79.7 Å². The fraction of sp³-hybridized carbons (Fsp3) is 0.143. The van der Waals surface area contributed by atoms with E-state index in [4.69, 9.17) is 16.0 Å². The van der Waals surface area contributed by atoms with Gasteiger partial charge >= 0.3 is 5.63 Å². The molecule has 1 aromatic heterocycles. The number of hydrogen-bond donors (Lipinski definition) is 3. The Kier molecular flexibility index (Phi) is 7.69. The molecule has 0 saturated heterocycles. The molecule has 3 aromatic carbocycles. The maximum atomic E-state index is 13.1. The van der Waals surface area contributed by atoms with Gasteiger partial charge < -0.3 is 20.0 Å². The van der Waals surface area contributed by atoms with Crippen LogP contribution in [0.5, 0.6) is 5.75 Å². The Morgan fingerprint density at radius 3 is 2.46 bits per heavy atom. The van der Waals surface area contributed by atoms with Crippen molar-refractivity contribution in [3.63, 3.8) is 0 Å². The minimum Gasteiger partial charge on any atom is -0.507 e. The zero-order chi connectivity index (χ0) is 26.5. The number of carbonyl (C=O) groups is 2. The molecule has 0 bridgehead atoms. The molecule has 0 radical (unpaired) electrons. The normalized spacial score (nSPS) is 12.3. The summed E-state index contributed by atoms with van der Waals surface area (Å²) in [6.45, 7) is 1.74. The van der Waals surface area contributed by atoms with Crippen molar-refractivity contribution < 1.29 is 24.3 Å². The zero-order valence-electron chi connectivity index (χ0n) is 19.8. The average molecular weight is 519 g/mol. The van der Waals surface area contributed by atoms with Crippen molar-refractivity contribution in [3.05, 3.63) is 105 Å². The lowest BCUT2D eigenvalue weighted by Crippen LogP contribution is -2.27. The Bertz CT molecular complexity index is 1560. The molecule has 3 N–H and O–H groups in total. The number of nitrogens with zero attached hydrogens (tertiary/aromatic N) is 1. The number of anilines is 1. The van der Waals surface area contributed by atoms with Crippen molar-refractivity contribution in [2.24, 2.45) is 5.16 Å². The number of ketones is 1. The van der Waals surface area contributed by atoms with Crippen LogP contribution in [0, 0.1) is 6.92 Å². The lowest BCUT2D eigenvalue weighted by molar-refractivity contribution is -0.119. The molecule has 1 unspecified atom stereocenters. The molecule has 1 heterocycles. The first-order chi connectivity index (χ1) is 17.8. The first-order valence-corrected chi connectivity index (χ1v) is 11.8. The summed E-state index contributed by atoms with van der Waals surface area (Å²) in [4.78, 5) is 38.7. The number of benzene rings is 3. The number of halogens is 1. The fourth-order valence-corrected chi connectivity index (χ4v) is 4.36. The summed E-state index contributed by atoms with van der Waals surface area (Å²) in [6, 6.07) is 20.1. The number of Topliss-reactive ketones (excluding diaryl/α,β-unsaturated/α-hetero) is 1. The fourth-order valence-electron chi connectivity index (χ4n) is 4.14. The lowest BCUT2D eigenvalue weighted by atomic mass is 9.86. The van der Waals surface area contributed by atoms with Gasteiger partial charge in [0.25, 0.3) is 5.91 Å². The van der Waals surface area contributed by atoms with Gasteiger partial charge in [-0.15, -0.1) is 0 Å². The van der Waals surface area contributed by atoms with E-state index in [9.17, 15) is 24.7 Å². The van der Waals surface area contributed by atoms with Crippen molar-refractivity contribution in [1.29, 1.82) is 0 Å². The number of para-hydroxylation sites is 1. The quantitative estimate of drug-likeness (QED) is 0.124. The van der Waals surface area contributed by atoms with Gasteiger partial charge in [-0.2, -0.15) is 0 Å². The number of amides is 1. The maximum absolute atomic E-state index is 13.1. The molecule has 4 aromatic rings. The van der Waals surface area contributed by atoms with Gasteiger partial charge in [-0.3, -0.25) is 9.59 Å². The third kappa shape index (κ3) is 5.70. The van der Waals surface area contributed by atoms with Crippen molar-refractivity contribution in [2.45, 2.75) is 25.7 Å². The average Bonchev–Trinajstić information content (AvgIpc) is 2.88. The third-order valence-corrected chi connectivity index (χ3v) is 6.22. The van der Waals surface area contributed by atoms with E-state index in [-0.39, 0.29) is 23.3 Å². The smallest absolute Gasteiger partial charge is 0.343 e. The lowest BCUT2D eigenvalue weighted by Gasteiger charge is -2.18. The van der Waals surface area contributed by atoms with Gasteiger partial charge in [-0.25, -0.2) is 4.79 Å². The number of carbonyl (C=O) groups excluding carboxylic acids is 2. The van der Waals surface area contributed by atoms with Gasteiger partial charge in [0.1, 0.15) is 17.1 Å². The van der Waals surface area contributed by atoms with Crippen LogP contribution in [-0.2, 0) is 9.59 Å². The SMILES string of the molecule is Cc1cc(Cl)ccc1NC(=O)/C(CC(=O)CC(c1ccccc1)c1c(O)c2ccccc2oc1=O)=N\O. The molecular weight excluding hydrogens is 496 g/mol. The minimum atomic E-state index is -0.865. The van der Waals surface area contributed by atoms with Gasteiger partial charge in [-0.05, 0) is 48.4 Å². The second-order valence-electron chi connectivity index (χ2n) is 8.49. The number of nitrogens with one attached hydrogen (secondary N) is 1. The first-order valence-electron chi connectivity index (χ1n) is 11.4. The number of fused-ring (bicyclic) bond motifs is 1. The first kappa shape index (κ1) is 25.7. The van der Waals surface area contributed by atoms with E-state index in [0.29, 0.717) is 27.2 Å². The molecule has 4 rings (SSSR count). The van der Waals surface area contributed by atoms with E-state index in [1.807, 2.05) is 0 Å². The van der Waals surface area contributed by atoms with Crippen LogP contribution in [0.3, 0.4) is 0 Å². The Morgan fingerprint density at radius 2 is 1.76 bits per heavy atom. The molecule has 188 valence electrons. The number of oxime groups is 1. The van der Waals surface area contributed by atoms with Crippen LogP contribution in [0.2, 0.25) is 5.02 Å². The molecule has 0 aliphatic rings. The zero-order valence-corrected chi connectivity index (χ0v) is 20.5. The molecule has 0 saturated carbocycles. The van der Waals surface area contributed by atoms with Crippen molar-refractivity contribution >= 4 is 45.7 Å². The second kappa shape index (κ2) is 11.1. The summed E-state index contributed by atoms with van der Waals surface area (Å²) in [5.41, 5.74) is 0.706. The summed E-state index contributed by atoms with van der Waals surface area (Å²) in [7, 11) is 0. The minimum absolute atomic E-state index is 0.0676. The molecule has 9 heteroatoms. The van der Waals surface area contributed by atoms with Crippen LogP contribution in [0.4, 0.5) is 5.69 Å². The van der Waals surface area contributed by atoms with Gasteiger partial charge in [0.05, 0.1) is 17.4 Å². The third-order valence-electron chi connectivity index (χ3n) is 5.99. The molecule has 1 atom stereocenters. The molecule has 0 aliphatic carbocycles. The molecule has 0 aliphatic heterocycles. The molecule has 37 heavy (non-hydrogen) atoms. The van der Waals surface area contributed by atoms with E-state index < -0.39 is 35.4 Å². The van der Waals surface area contributed by atoms with Gasteiger partial charge in [-0.1, -0.05) is 59.2 Å².